The Bertz CT molecular complexity index is 536. The second kappa shape index (κ2) is 7.01. The van der Waals surface area contributed by atoms with Gasteiger partial charge in [0.2, 0.25) is 0 Å². The molecule has 6 heteroatoms. The molecule has 128 valence electrons. The molecule has 0 aromatic carbocycles. The third-order valence-electron chi connectivity index (χ3n) is 5.03. The van der Waals surface area contributed by atoms with Crippen LogP contribution in [0.5, 0.6) is 0 Å². The van der Waals surface area contributed by atoms with Crippen molar-refractivity contribution in [3.8, 4) is 0 Å². The molecule has 2 N–H and O–H groups in total. The average molecular weight is 320 g/mol. The standard InChI is InChI=1S/C17H28N4O2/c1-3-4-13-9-14(20-19-13)11-21(2)12-15-10-17(16(22)23-15)5-7-18-8-6-17/h9,15,18H,3-8,10-12H2,1-2H3,(H,19,20). The molecule has 2 aliphatic heterocycles. The molecule has 6 nitrogen and oxygen atoms in total. The van der Waals surface area contributed by atoms with Crippen molar-refractivity contribution < 1.29 is 9.53 Å². The third kappa shape index (κ3) is 3.75. The molecule has 0 bridgehead atoms. The van der Waals surface area contributed by atoms with E-state index in [0.717, 1.165) is 69.7 Å². The number of esters is 1. The van der Waals surface area contributed by atoms with E-state index in [1.54, 1.807) is 0 Å². The lowest BCUT2D eigenvalue weighted by molar-refractivity contribution is -0.150. The number of H-pyrrole nitrogens is 1. The zero-order chi connectivity index (χ0) is 16.3. The molecule has 2 saturated heterocycles. The van der Waals surface area contributed by atoms with E-state index in [1.807, 2.05) is 0 Å². The van der Waals surface area contributed by atoms with Crippen molar-refractivity contribution in [2.45, 2.75) is 51.7 Å². The highest BCUT2D eigenvalue weighted by Crippen LogP contribution is 2.41. The van der Waals surface area contributed by atoms with Gasteiger partial charge >= 0.3 is 5.97 Å². The maximum absolute atomic E-state index is 12.3. The van der Waals surface area contributed by atoms with Crippen LogP contribution >= 0.6 is 0 Å². The van der Waals surface area contributed by atoms with Crippen molar-refractivity contribution in [1.82, 2.24) is 20.4 Å². The number of piperidine rings is 1. The number of likely N-dealkylation sites (N-methyl/N-ethyl adjacent to an activating group) is 1. The van der Waals surface area contributed by atoms with Crippen LogP contribution in [0.15, 0.2) is 6.07 Å². The third-order valence-corrected chi connectivity index (χ3v) is 5.03. The van der Waals surface area contributed by atoms with Crippen LogP contribution in [-0.4, -0.2) is 53.9 Å². The number of hydrogen-bond donors (Lipinski definition) is 2. The van der Waals surface area contributed by atoms with Gasteiger partial charge in [-0.05, 0) is 45.5 Å². The summed E-state index contributed by atoms with van der Waals surface area (Å²) in [6, 6.07) is 2.13. The molecular weight excluding hydrogens is 292 g/mol. The number of carbonyl (C=O) groups excluding carboxylic acids is 1. The summed E-state index contributed by atoms with van der Waals surface area (Å²) in [5.41, 5.74) is 2.02. The summed E-state index contributed by atoms with van der Waals surface area (Å²) in [6.45, 7) is 5.59. The van der Waals surface area contributed by atoms with Gasteiger partial charge in [0.15, 0.2) is 0 Å². The van der Waals surface area contributed by atoms with Crippen LogP contribution in [0.3, 0.4) is 0 Å². The van der Waals surface area contributed by atoms with E-state index in [1.165, 1.54) is 0 Å². The van der Waals surface area contributed by atoms with Crippen LogP contribution in [-0.2, 0) is 22.5 Å². The molecule has 0 saturated carbocycles. The molecule has 0 aliphatic carbocycles. The van der Waals surface area contributed by atoms with Crippen LogP contribution < -0.4 is 5.32 Å². The average Bonchev–Trinajstić information content (AvgIpc) is 3.06. The first kappa shape index (κ1) is 16.5. The maximum atomic E-state index is 12.3. The molecule has 3 heterocycles. The van der Waals surface area contributed by atoms with Gasteiger partial charge in [-0.3, -0.25) is 14.8 Å². The number of carbonyl (C=O) groups is 1. The Hall–Kier alpha value is -1.40. The lowest BCUT2D eigenvalue weighted by Crippen LogP contribution is -2.39. The fourth-order valence-electron chi connectivity index (χ4n) is 3.83. The first-order chi connectivity index (χ1) is 11.1. The molecule has 1 aromatic heterocycles. The zero-order valence-electron chi connectivity index (χ0n) is 14.2. The zero-order valence-corrected chi connectivity index (χ0v) is 14.2. The molecular formula is C17H28N4O2. The predicted molar refractivity (Wildman–Crippen MR) is 88.0 cm³/mol. The van der Waals surface area contributed by atoms with Crippen LogP contribution in [0.1, 0.15) is 44.0 Å². The molecule has 1 unspecified atom stereocenters. The van der Waals surface area contributed by atoms with E-state index in [4.69, 9.17) is 4.74 Å². The summed E-state index contributed by atoms with van der Waals surface area (Å²) in [5.74, 6) is 0.0178. The number of hydrogen-bond acceptors (Lipinski definition) is 5. The van der Waals surface area contributed by atoms with Crippen LogP contribution in [0.4, 0.5) is 0 Å². The molecule has 0 radical (unpaired) electrons. The fourth-order valence-corrected chi connectivity index (χ4v) is 3.83. The number of aromatic amines is 1. The highest BCUT2D eigenvalue weighted by atomic mass is 16.6. The number of nitrogens with one attached hydrogen (secondary N) is 2. The number of nitrogens with zero attached hydrogens (tertiary/aromatic N) is 2. The summed E-state index contributed by atoms with van der Waals surface area (Å²) in [4.78, 5) is 14.5. The van der Waals surface area contributed by atoms with Gasteiger partial charge in [-0.15, -0.1) is 0 Å². The SMILES string of the molecule is CCCc1cc(CN(C)CC2CC3(CCNCC3)C(=O)O2)[nH]n1. The minimum atomic E-state index is -0.223. The van der Waals surface area contributed by atoms with Crippen LogP contribution in [0.25, 0.3) is 0 Å². The van der Waals surface area contributed by atoms with Crippen molar-refractivity contribution in [1.29, 1.82) is 0 Å². The van der Waals surface area contributed by atoms with Crippen molar-refractivity contribution in [3.05, 3.63) is 17.5 Å². The van der Waals surface area contributed by atoms with E-state index < -0.39 is 0 Å². The first-order valence-electron chi connectivity index (χ1n) is 8.75. The number of ether oxygens (including phenoxy) is 1. The van der Waals surface area contributed by atoms with Crippen molar-refractivity contribution >= 4 is 5.97 Å². The summed E-state index contributed by atoms with van der Waals surface area (Å²) >= 11 is 0. The van der Waals surface area contributed by atoms with Crippen molar-refractivity contribution in [3.63, 3.8) is 0 Å². The van der Waals surface area contributed by atoms with Gasteiger partial charge < -0.3 is 10.1 Å². The number of aryl methyl sites for hydroxylation is 1. The Balaban J connectivity index is 1.51. The van der Waals surface area contributed by atoms with Gasteiger partial charge in [0.05, 0.1) is 11.1 Å². The Morgan fingerprint density at radius 1 is 1.43 bits per heavy atom. The monoisotopic (exact) mass is 320 g/mol. The lowest BCUT2D eigenvalue weighted by Gasteiger charge is -2.29. The maximum Gasteiger partial charge on any atom is 0.312 e. The fraction of sp³-hybridized carbons (Fsp3) is 0.765. The second-order valence-electron chi connectivity index (χ2n) is 7.09. The molecule has 0 amide bonds. The van der Waals surface area contributed by atoms with Crippen molar-refractivity contribution in [2.24, 2.45) is 5.41 Å². The van der Waals surface area contributed by atoms with Gasteiger partial charge in [0.1, 0.15) is 6.10 Å². The Morgan fingerprint density at radius 2 is 2.22 bits per heavy atom. The molecule has 1 atom stereocenters. The van der Waals surface area contributed by atoms with Crippen molar-refractivity contribution in [2.75, 3.05) is 26.7 Å². The van der Waals surface area contributed by atoms with E-state index in [9.17, 15) is 4.79 Å². The smallest absolute Gasteiger partial charge is 0.312 e. The topological polar surface area (TPSA) is 70.2 Å². The van der Waals surface area contributed by atoms with Gasteiger partial charge in [0, 0.05) is 25.2 Å². The van der Waals surface area contributed by atoms with E-state index in [-0.39, 0.29) is 17.5 Å². The van der Waals surface area contributed by atoms with E-state index >= 15 is 0 Å². The van der Waals surface area contributed by atoms with E-state index in [0.29, 0.717) is 0 Å². The highest BCUT2D eigenvalue weighted by molar-refractivity contribution is 5.79. The summed E-state index contributed by atoms with van der Waals surface area (Å²) in [7, 11) is 2.07. The van der Waals surface area contributed by atoms with Gasteiger partial charge in [-0.2, -0.15) is 5.10 Å². The lowest BCUT2D eigenvalue weighted by atomic mass is 9.76. The normalized spacial score (nSPS) is 23.6. The second-order valence-corrected chi connectivity index (χ2v) is 7.09. The summed E-state index contributed by atoms with van der Waals surface area (Å²) in [6.07, 6.45) is 4.82. The summed E-state index contributed by atoms with van der Waals surface area (Å²) in [5, 5.41) is 10.8. The quantitative estimate of drug-likeness (QED) is 0.777. The van der Waals surface area contributed by atoms with Crippen LogP contribution in [0.2, 0.25) is 0 Å². The number of cyclic esters (lactones) is 1. The minimum absolute atomic E-state index is 0.0173. The molecule has 2 aliphatic rings. The van der Waals surface area contributed by atoms with Gasteiger partial charge in [-0.1, -0.05) is 13.3 Å². The Morgan fingerprint density at radius 3 is 2.96 bits per heavy atom. The van der Waals surface area contributed by atoms with Gasteiger partial charge in [-0.25, -0.2) is 0 Å². The highest BCUT2D eigenvalue weighted by Gasteiger charge is 2.49. The number of aromatic nitrogens is 2. The molecule has 1 aromatic rings. The molecule has 23 heavy (non-hydrogen) atoms. The van der Waals surface area contributed by atoms with Gasteiger partial charge in [0.25, 0.3) is 0 Å². The Kier molecular flexibility index (Phi) is 5.02. The van der Waals surface area contributed by atoms with E-state index in [2.05, 4.69) is 40.5 Å². The molecule has 1 spiro atoms. The molecule has 2 fully saturated rings. The Labute approximate surface area is 138 Å². The largest absolute Gasteiger partial charge is 0.461 e. The first-order valence-corrected chi connectivity index (χ1v) is 8.75. The minimum Gasteiger partial charge on any atom is -0.461 e. The summed E-state index contributed by atoms with van der Waals surface area (Å²) < 4.78 is 5.67. The predicted octanol–water partition coefficient (Wildman–Crippen LogP) is 1.48. The number of rotatable bonds is 6. The molecule has 3 rings (SSSR count). The van der Waals surface area contributed by atoms with Crippen LogP contribution in [0, 0.1) is 5.41 Å².